The van der Waals surface area contributed by atoms with Crippen LogP contribution < -0.4 is 0 Å². The summed E-state index contributed by atoms with van der Waals surface area (Å²) in [6.45, 7) is 11.8. The molecule has 0 atom stereocenters. The van der Waals surface area contributed by atoms with Gasteiger partial charge in [0, 0.05) is 0 Å². The number of allylic oxidation sites excluding steroid dienone is 6. The summed E-state index contributed by atoms with van der Waals surface area (Å²) in [5.74, 6) is 0. The summed E-state index contributed by atoms with van der Waals surface area (Å²) in [4.78, 5) is 0. The maximum absolute atomic E-state index is 3.88. The predicted octanol–water partition coefficient (Wildman–Crippen LogP) is 4.42. The van der Waals surface area contributed by atoms with Crippen LogP contribution in [0.25, 0.3) is 0 Å². The Hall–Kier alpha value is -1.04. The van der Waals surface area contributed by atoms with Gasteiger partial charge in [-0.1, -0.05) is 62.0 Å². The molecule has 0 N–H and O–H groups in total. The van der Waals surface area contributed by atoms with Gasteiger partial charge in [-0.25, -0.2) is 0 Å². The largest absolute Gasteiger partial charge is 0.0991 e. The fourth-order valence-electron chi connectivity index (χ4n) is 1.22. The maximum atomic E-state index is 3.88. The van der Waals surface area contributed by atoms with E-state index in [1.54, 1.807) is 0 Å². The molecule has 0 aliphatic carbocycles. The van der Waals surface area contributed by atoms with Crippen molar-refractivity contribution in [2.24, 2.45) is 0 Å². The van der Waals surface area contributed by atoms with E-state index in [1.165, 1.54) is 12.0 Å². The number of hydrogen-bond acceptors (Lipinski definition) is 0. The Kier molecular flexibility index (Phi) is 6.99. The summed E-state index contributed by atoms with van der Waals surface area (Å²) in [5.41, 5.74) is 2.59. The van der Waals surface area contributed by atoms with E-state index in [0.29, 0.717) is 0 Å². The first-order valence-corrected chi connectivity index (χ1v) is 4.83. The fourth-order valence-corrected chi connectivity index (χ4v) is 1.22. The van der Waals surface area contributed by atoms with E-state index in [2.05, 4.69) is 32.2 Å². The van der Waals surface area contributed by atoms with E-state index in [0.717, 1.165) is 18.4 Å². The molecule has 0 unspecified atom stereocenters. The van der Waals surface area contributed by atoms with Crippen molar-refractivity contribution in [1.29, 1.82) is 0 Å². The first-order valence-electron chi connectivity index (χ1n) is 4.83. The van der Waals surface area contributed by atoms with Crippen molar-refractivity contribution in [3.63, 3.8) is 0 Å². The molecule has 0 amide bonds. The number of rotatable bonds is 6. The van der Waals surface area contributed by atoms with Gasteiger partial charge in [0.1, 0.15) is 0 Å². The zero-order chi connectivity index (χ0) is 10.1. The van der Waals surface area contributed by atoms with Gasteiger partial charge in [0.25, 0.3) is 0 Å². The molecule has 13 heavy (non-hydrogen) atoms. The molecule has 0 aliphatic heterocycles. The average Bonchev–Trinajstić information content (AvgIpc) is 2.04. The second-order valence-corrected chi connectivity index (χ2v) is 3.27. The van der Waals surface area contributed by atoms with Gasteiger partial charge in [0.05, 0.1) is 0 Å². The number of hydrogen-bond donors (Lipinski definition) is 0. The zero-order valence-corrected chi connectivity index (χ0v) is 8.84. The van der Waals surface area contributed by atoms with Crippen molar-refractivity contribution in [2.75, 3.05) is 0 Å². The summed E-state index contributed by atoms with van der Waals surface area (Å²) in [6.07, 6.45) is 11.5. The lowest BCUT2D eigenvalue weighted by Gasteiger charge is -2.02. The second-order valence-electron chi connectivity index (χ2n) is 3.27. The molecule has 72 valence electrons. The quantitative estimate of drug-likeness (QED) is 0.525. The molecule has 0 aromatic rings. The van der Waals surface area contributed by atoms with Crippen LogP contribution in [0.15, 0.2) is 48.6 Å². The lowest BCUT2D eigenvalue weighted by molar-refractivity contribution is 0.878. The highest BCUT2D eigenvalue weighted by Gasteiger charge is 1.92. The van der Waals surface area contributed by atoms with Crippen molar-refractivity contribution in [3.05, 3.63) is 48.6 Å². The Balaban J connectivity index is 4.16. The van der Waals surface area contributed by atoms with Gasteiger partial charge in [-0.3, -0.25) is 0 Å². The summed E-state index contributed by atoms with van der Waals surface area (Å²) in [5, 5.41) is 0. The molecule has 0 aliphatic rings. The van der Waals surface area contributed by atoms with E-state index < -0.39 is 0 Å². The summed E-state index contributed by atoms with van der Waals surface area (Å²) in [7, 11) is 0. The van der Waals surface area contributed by atoms with E-state index >= 15 is 0 Å². The molecule has 0 bridgehead atoms. The molecular weight excluding hydrogens is 156 g/mol. The Morgan fingerprint density at radius 3 is 2.54 bits per heavy atom. The maximum Gasteiger partial charge on any atom is -0.0132 e. The highest BCUT2D eigenvalue weighted by atomic mass is 14.0. The Morgan fingerprint density at radius 2 is 2.08 bits per heavy atom. The van der Waals surface area contributed by atoms with Crippen molar-refractivity contribution in [2.45, 2.75) is 33.1 Å². The Bertz CT molecular complexity index is 216. The minimum atomic E-state index is 1.02. The first kappa shape index (κ1) is 12.0. The van der Waals surface area contributed by atoms with Crippen LogP contribution in [0.1, 0.15) is 33.1 Å². The third-order valence-corrected chi connectivity index (χ3v) is 1.67. The van der Waals surface area contributed by atoms with Gasteiger partial charge in [0.15, 0.2) is 0 Å². The van der Waals surface area contributed by atoms with Crippen LogP contribution in [0, 0.1) is 0 Å². The Labute approximate surface area is 82.4 Å². The molecule has 0 fully saturated rings. The lowest BCUT2D eigenvalue weighted by atomic mass is 10.0. The van der Waals surface area contributed by atoms with Crippen molar-refractivity contribution in [3.8, 4) is 0 Å². The topological polar surface area (TPSA) is 0 Å². The second kappa shape index (κ2) is 7.60. The molecule has 0 aromatic carbocycles. The first-order chi connectivity index (χ1) is 6.20. The van der Waals surface area contributed by atoms with Gasteiger partial charge in [-0.15, -0.1) is 0 Å². The van der Waals surface area contributed by atoms with Gasteiger partial charge >= 0.3 is 0 Å². The highest BCUT2D eigenvalue weighted by molar-refractivity contribution is 5.21. The van der Waals surface area contributed by atoms with Crippen molar-refractivity contribution < 1.29 is 0 Å². The van der Waals surface area contributed by atoms with Crippen LogP contribution >= 0.6 is 0 Å². The van der Waals surface area contributed by atoms with Gasteiger partial charge in [-0.2, -0.15) is 0 Å². The third kappa shape index (κ3) is 7.32. The predicted molar refractivity (Wildman–Crippen MR) is 61.8 cm³/mol. The fraction of sp³-hybridized carbons (Fsp3) is 0.385. The SMILES string of the molecule is C=C/C=C/C/C(=C/C(=C)C)CCC. The van der Waals surface area contributed by atoms with Crippen LogP contribution in [0.4, 0.5) is 0 Å². The molecule has 0 nitrogen and oxygen atoms in total. The van der Waals surface area contributed by atoms with Gasteiger partial charge in [-0.05, 0) is 19.8 Å². The molecule has 0 heterocycles. The highest BCUT2D eigenvalue weighted by Crippen LogP contribution is 2.12. The minimum absolute atomic E-state index is 1.02. The molecular formula is C13H20. The summed E-state index contributed by atoms with van der Waals surface area (Å²) >= 11 is 0. The standard InChI is InChI=1S/C13H20/c1-5-7-8-10-13(9-6-2)11-12(3)4/h5,7-8,11H,1,3,6,9-10H2,2,4H3/b8-7+,13-11+. The molecule has 0 radical (unpaired) electrons. The summed E-state index contributed by atoms with van der Waals surface area (Å²) < 4.78 is 0. The molecule has 0 saturated carbocycles. The van der Waals surface area contributed by atoms with Crippen LogP contribution in [-0.4, -0.2) is 0 Å². The van der Waals surface area contributed by atoms with Crippen molar-refractivity contribution in [1.82, 2.24) is 0 Å². The third-order valence-electron chi connectivity index (χ3n) is 1.67. The average molecular weight is 176 g/mol. The zero-order valence-electron chi connectivity index (χ0n) is 8.84. The minimum Gasteiger partial charge on any atom is -0.0991 e. The van der Waals surface area contributed by atoms with Crippen LogP contribution in [0.5, 0.6) is 0 Å². The Morgan fingerprint density at radius 1 is 1.38 bits per heavy atom. The van der Waals surface area contributed by atoms with Crippen LogP contribution in [0.2, 0.25) is 0 Å². The van der Waals surface area contributed by atoms with Crippen molar-refractivity contribution >= 4 is 0 Å². The van der Waals surface area contributed by atoms with E-state index in [9.17, 15) is 0 Å². The van der Waals surface area contributed by atoms with Crippen LogP contribution in [0.3, 0.4) is 0 Å². The smallest absolute Gasteiger partial charge is 0.0132 e. The van der Waals surface area contributed by atoms with E-state index in [-0.39, 0.29) is 0 Å². The lowest BCUT2D eigenvalue weighted by Crippen LogP contribution is -1.81. The molecule has 0 aromatic heterocycles. The van der Waals surface area contributed by atoms with Gasteiger partial charge in [0.2, 0.25) is 0 Å². The van der Waals surface area contributed by atoms with Crippen LogP contribution in [-0.2, 0) is 0 Å². The molecule has 0 heteroatoms. The molecule has 0 saturated heterocycles. The molecule has 0 rings (SSSR count). The molecule has 0 spiro atoms. The monoisotopic (exact) mass is 176 g/mol. The van der Waals surface area contributed by atoms with E-state index in [1.807, 2.05) is 19.1 Å². The summed E-state index contributed by atoms with van der Waals surface area (Å²) in [6, 6.07) is 0. The van der Waals surface area contributed by atoms with E-state index in [4.69, 9.17) is 0 Å². The normalized spacial score (nSPS) is 12.0. The van der Waals surface area contributed by atoms with Gasteiger partial charge < -0.3 is 0 Å².